The second kappa shape index (κ2) is 7.24. The lowest BCUT2D eigenvalue weighted by atomic mass is 10.0. The highest BCUT2D eigenvalue weighted by Gasteiger charge is 2.17. The molecule has 0 amide bonds. The van der Waals surface area contributed by atoms with E-state index in [1.54, 1.807) is 6.07 Å². The van der Waals surface area contributed by atoms with Crippen molar-refractivity contribution < 1.29 is 9.52 Å². The maximum Gasteiger partial charge on any atom is 0.360 e. The van der Waals surface area contributed by atoms with Gasteiger partial charge >= 0.3 is 11.3 Å². The van der Waals surface area contributed by atoms with Gasteiger partial charge in [-0.25, -0.2) is 4.42 Å². The smallest absolute Gasteiger partial charge is 0.360 e. The summed E-state index contributed by atoms with van der Waals surface area (Å²) >= 11 is 0. The Morgan fingerprint density at radius 2 is 1.50 bits per heavy atom. The lowest BCUT2D eigenvalue weighted by Crippen LogP contribution is -1.92. The van der Waals surface area contributed by atoms with Crippen molar-refractivity contribution in [3.05, 3.63) is 107 Å². The summed E-state index contributed by atoms with van der Waals surface area (Å²) in [5, 5.41) is 11.1. The van der Waals surface area contributed by atoms with Gasteiger partial charge in [-0.2, -0.15) is 0 Å². The number of hydrogen-bond acceptors (Lipinski definition) is 1. The normalized spacial score (nSPS) is 11.2. The quantitative estimate of drug-likeness (QED) is 0.450. The first-order valence-electron chi connectivity index (χ1n) is 8.64. The van der Waals surface area contributed by atoms with Crippen molar-refractivity contribution in [2.75, 3.05) is 0 Å². The van der Waals surface area contributed by atoms with Gasteiger partial charge in [0.1, 0.15) is 5.75 Å². The first-order chi connectivity index (χ1) is 12.8. The summed E-state index contributed by atoms with van der Waals surface area (Å²) in [4.78, 5) is 0. The number of hydrogen-bond donors (Lipinski definition) is 1. The van der Waals surface area contributed by atoms with E-state index in [9.17, 15) is 5.11 Å². The van der Waals surface area contributed by atoms with Crippen LogP contribution in [0.5, 0.6) is 5.75 Å². The molecule has 0 saturated heterocycles. The number of phenolic OH excluding ortho intramolecular Hbond substituents is 1. The Labute approximate surface area is 152 Å². The fourth-order valence-corrected chi connectivity index (χ4v) is 3.02. The Hall–Kier alpha value is -3.39. The fourth-order valence-electron chi connectivity index (χ4n) is 3.02. The van der Waals surface area contributed by atoms with E-state index in [1.165, 1.54) is 5.56 Å². The maximum absolute atomic E-state index is 9.98. The Morgan fingerprint density at radius 1 is 0.769 bits per heavy atom. The van der Waals surface area contributed by atoms with Crippen LogP contribution in [-0.4, -0.2) is 5.11 Å². The summed E-state index contributed by atoms with van der Waals surface area (Å²) in [6, 6.07) is 27.8. The maximum atomic E-state index is 9.98. The topological polar surface area (TPSA) is 31.5 Å². The van der Waals surface area contributed by atoms with Gasteiger partial charge < -0.3 is 5.11 Å². The zero-order valence-electron chi connectivity index (χ0n) is 14.3. The Bertz CT molecular complexity index is 1070. The monoisotopic (exact) mass is 339 g/mol. The van der Waals surface area contributed by atoms with Gasteiger partial charge in [-0.05, 0) is 29.8 Å². The minimum Gasteiger partial charge on any atom is -0.507 e. The summed E-state index contributed by atoms with van der Waals surface area (Å²) in [6.45, 7) is 0. The van der Waals surface area contributed by atoms with Crippen LogP contribution in [0.2, 0.25) is 0 Å². The van der Waals surface area contributed by atoms with Gasteiger partial charge in [0.2, 0.25) is 0 Å². The summed E-state index contributed by atoms with van der Waals surface area (Å²) in [5.74, 6) is 1.06. The Kier molecular flexibility index (Phi) is 4.48. The lowest BCUT2D eigenvalue weighted by molar-refractivity contribution is 0.474. The van der Waals surface area contributed by atoms with Crippen LogP contribution < -0.4 is 0 Å². The van der Waals surface area contributed by atoms with E-state index in [2.05, 4.69) is 24.3 Å². The van der Waals surface area contributed by atoms with Gasteiger partial charge in [0, 0.05) is 24.1 Å². The predicted octanol–water partition coefficient (Wildman–Crippen LogP) is 6.18. The molecule has 1 heterocycles. The van der Waals surface area contributed by atoms with Crippen LogP contribution in [0.15, 0.2) is 89.3 Å². The molecule has 0 unspecified atom stereocenters. The number of phenols is 1. The zero-order chi connectivity index (χ0) is 17.8. The average molecular weight is 339 g/mol. The molecule has 0 saturated carbocycles. The summed E-state index contributed by atoms with van der Waals surface area (Å²) < 4.78 is 6.16. The molecule has 4 aromatic rings. The largest absolute Gasteiger partial charge is 0.507 e. The van der Waals surface area contributed by atoms with Gasteiger partial charge in [0.25, 0.3) is 0 Å². The molecule has 0 atom stereocenters. The van der Waals surface area contributed by atoms with E-state index in [4.69, 9.17) is 4.42 Å². The number of rotatable bonds is 4. The Balaban J connectivity index is 1.78. The van der Waals surface area contributed by atoms with Crippen molar-refractivity contribution >= 4 is 23.1 Å². The van der Waals surface area contributed by atoms with E-state index in [1.807, 2.05) is 66.7 Å². The minimum atomic E-state index is 0.258. The van der Waals surface area contributed by atoms with Crippen molar-refractivity contribution in [2.45, 2.75) is 6.42 Å². The molecule has 26 heavy (non-hydrogen) atoms. The van der Waals surface area contributed by atoms with Crippen LogP contribution in [0.25, 0.3) is 23.1 Å². The van der Waals surface area contributed by atoms with Crippen LogP contribution in [0.1, 0.15) is 22.5 Å². The molecule has 2 nitrogen and oxygen atoms in total. The van der Waals surface area contributed by atoms with Gasteiger partial charge in [-0.1, -0.05) is 60.7 Å². The third-order valence-corrected chi connectivity index (χ3v) is 4.37. The summed E-state index contributed by atoms with van der Waals surface area (Å²) in [5.41, 5.74) is 3.96. The SMILES string of the molecule is Oc1ccccc1/C=C/c1[o+]c2ccccc2cc1Cc1ccccc1. The van der Waals surface area contributed by atoms with Crippen LogP contribution in [0, 0.1) is 0 Å². The molecule has 0 radical (unpaired) electrons. The summed E-state index contributed by atoms with van der Waals surface area (Å²) in [6.07, 6.45) is 4.60. The number of fused-ring (bicyclic) bond motifs is 1. The highest BCUT2D eigenvalue weighted by molar-refractivity contribution is 5.80. The highest BCUT2D eigenvalue weighted by Crippen LogP contribution is 2.25. The standard InChI is InChI=1S/C24H18O2/c25-22-12-6-4-10-19(22)14-15-24-21(16-18-8-2-1-3-9-18)17-20-11-5-7-13-23(20)26-24/h1-15,17H,16H2/p+1/b15-14+. The third kappa shape index (κ3) is 3.50. The van der Waals surface area contributed by atoms with Crippen molar-refractivity contribution in [1.29, 1.82) is 0 Å². The number of aromatic hydroxyl groups is 1. The van der Waals surface area contributed by atoms with E-state index in [0.717, 1.165) is 34.3 Å². The molecule has 0 spiro atoms. The molecular weight excluding hydrogens is 320 g/mol. The molecule has 0 aliphatic carbocycles. The molecule has 1 aromatic heterocycles. The van der Waals surface area contributed by atoms with Crippen molar-refractivity contribution in [3.8, 4) is 5.75 Å². The second-order valence-electron chi connectivity index (χ2n) is 6.23. The molecule has 2 heteroatoms. The molecular formula is C24H19O2+. The van der Waals surface area contributed by atoms with Crippen molar-refractivity contribution in [3.63, 3.8) is 0 Å². The molecule has 0 aliphatic heterocycles. The van der Waals surface area contributed by atoms with E-state index in [0.29, 0.717) is 0 Å². The molecule has 0 aliphatic rings. The van der Waals surface area contributed by atoms with Crippen LogP contribution in [0.3, 0.4) is 0 Å². The van der Waals surface area contributed by atoms with Crippen LogP contribution >= 0.6 is 0 Å². The van der Waals surface area contributed by atoms with E-state index < -0.39 is 0 Å². The van der Waals surface area contributed by atoms with Gasteiger partial charge in [-0.3, -0.25) is 0 Å². The van der Waals surface area contributed by atoms with Crippen molar-refractivity contribution in [2.24, 2.45) is 0 Å². The van der Waals surface area contributed by atoms with Crippen molar-refractivity contribution in [1.82, 2.24) is 0 Å². The molecule has 126 valence electrons. The number of para-hydroxylation sites is 2. The fraction of sp³-hybridized carbons (Fsp3) is 0.0417. The molecule has 0 bridgehead atoms. The van der Waals surface area contributed by atoms with Gasteiger partial charge in [-0.15, -0.1) is 0 Å². The van der Waals surface area contributed by atoms with E-state index >= 15 is 0 Å². The summed E-state index contributed by atoms with van der Waals surface area (Å²) in [7, 11) is 0. The van der Waals surface area contributed by atoms with Crippen LogP contribution in [-0.2, 0) is 6.42 Å². The molecule has 1 N–H and O–H groups in total. The lowest BCUT2D eigenvalue weighted by Gasteiger charge is -2.01. The zero-order valence-corrected chi connectivity index (χ0v) is 14.3. The third-order valence-electron chi connectivity index (χ3n) is 4.37. The minimum absolute atomic E-state index is 0.258. The van der Waals surface area contributed by atoms with Gasteiger partial charge in [0.05, 0.1) is 10.9 Å². The van der Waals surface area contributed by atoms with Crippen LogP contribution in [0.4, 0.5) is 0 Å². The van der Waals surface area contributed by atoms with Gasteiger partial charge in [0.15, 0.2) is 0 Å². The molecule has 4 rings (SSSR count). The Morgan fingerprint density at radius 3 is 2.35 bits per heavy atom. The first-order valence-corrected chi connectivity index (χ1v) is 8.64. The number of benzene rings is 3. The molecule has 0 fully saturated rings. The second-order valence-corrected chi connectivity index (χ2v) is 6.23. The predicted molar refractivity (Wildman–Crippen MR) is 107 cm³/mol. The molecule has 3 aromatic carbocycles. The highest BCUT2D eigenvalue weighted by atomic mass is 16.3. The first kappa shape index (κ1) is 16.1. The van der Waals surface area contributed by atoms with E-state index in [-0.39, 0.29) is 5.75 Å². The average Bonchev–Trinajstić information content (AvgIpc) is 2.68.